The van der Waals surface area contributed by atoms with Gasteiger partial charge in [0.15, 0.2) is 9.84 Å². The summed E-state index contributed by atoms with van der Waals surface area (Å²) >= 11 is 0. The van der Waals surface area contributed by atoms with Crippen molar-refractivity contribution in [3.05, 3.63) is 12.7 Å². The number of carbonyl (C=O) groups excluding carboxylic acids is 1. The molecular weight excluding hydrogens is 262 g/mol. The molecule has 0 aromatic rings. The fraction of sp³-hybridized carbons (Fsp3) is 0.600. The van der Waals surface area contributed by atoms with Gasteiger partial charge in [-0.15, -0.1) is 0 Å². The van der Waals surface area contributed by atoms with E-state index in [-0.39, 0.29) is 19.6 Å². The van der Waals surface area contributed by atoms with Crippen LogP contribution < -0.4 is 0 Å². The Morgan fingerprint density at radius 3 is 2.61 bits per heavy atom. The number of amides is 1. The molecule has 0 spiro atoms. The van der Waals surface area contributed by atoms with Crippen molar-refractivity contribution in [2.24, 2.45) is 0 Å². The quantitative estimate of drug-likeness (QED) is 0.719. The van der Waals surface area contributed by atoms with Crippen molar-refractivity contribution in [1.29, 1.82) is 0 Å². The fourth-order valence-corrected chi connectivity index (χ4v) is 2.72. The summed E-state index contributed by atoms with van der Waals surface area (Å²) in [6.07, 6.45) is 1.41. The van der Waals surface area contributed by atoms with E-state index >= 15 is 0 Å². The van der Waals surface area contributed by atoms with Crippen LogP contribution in [0.1, 0.15) is 6.42 Å². The lowest BCUT2D eigenvalue weighted by molar-refractivity contribution is -0.141. The van der Waals surface area contributed by atoms with Gasteiger partial charge in [-0.25, -0.2) is 18.0 Å². The molecule has 1 aliphatic heterocycles. The highest BCUT2D eigenvalue weighted by molar-refractivity contribution is 7.91. The van der Waals surface area contributed by atoms with Crippen molar-refractivity contribution in [3.8, 4) is 0 Å². The van der Waals surface area contributed by atoms with Gasteiger partial charge < -0.3 is 9.84 Å². The van der Waals surface area contributed by atoms with Gasteiger partial charge in [-0.3, -0.25) is 4.90 Å². The summed E-state index contributed by atoms with van der Waals surface area (Å²) in [6.45, 7) is 3.15. The molecule has 1 N–H and O–H groups in total. The Labute approximate surface area is 105 Å². The van der Waals surface area contributed by atoms with E-state index in [0.29, 0.717) is 0 Å². The SMILES string of the molecule is C=CCOC(=O)N1C[C@@H](S(C)(=O)=O)C[C@@H]1C(=O)O. The van der Waals surface area contributed by atoms with Crippen LogP contribution in [0.2, 0.25) is 0 Å². The highest BCUT2D eigenvalue weighted by Gasteiger charge is 2.44. The second-order valence-electron chi connectivity index (χ2n) is 4.06. The van der Waals surface area contributed by atoms with Gasteiger partial charge in [0, 0.05) is 12.8 Å². The van der Waals surface area contributed by atoms with Crippen molar-refractivity contribution >= 4 is 21.9 Å². The van der Waals surface area contributed by atoms with Crippen LogP contribution >= 0.6 is 0 Å². The second kappa shape index (κ2) is 5.38. The summed E-state index contributed by atoms with van der Waals surface area (Å²) in [5.41, 5.74) is 0. The highest BCUT2D eigenvalue weighted by Crippen LogP contribution is 2.24. The van der Waals surface area contributed by atoms with Crippen LogP contribution in [-0.4, -0.2) is 61.2 Å². The van der Waals surface area contributed by atoms with Crippen LogP contribution in [0.3, 0.4) is 0 Å². The molecule has 0 aromatic carbocycles. The molecule has 102 valence electrons. The Kier molecular flexibility index (Phi) is 4.33. The minimum absolute atomic E-state index is 0.0504. The highest BCUT2D eigenvalue weighted by atomic mass is 32.2. The number of hydrogen-bond acceptors (Lipinski definition) is 5. The molecule has 0 aromatic heterocycles. The molecule has 1 heterocycles. The van der Waals surface area contributed by atoms with Crippen LogP contribution in [0, 0.1) is 0 Å². The third-order valence-corrected chi connectivity index (χ3v) is 4.26. The van der Waals surface area contributed by atoms with Crippen LogP contribution in [0.4, 0.5) is 4.79 Å². The summed E-state index contributed by atoms with van der Waals surface area (Å²) in [5, 5.41) is 8.11. The number of sulfone groups is 1. The van der Waals surface area contributed by atoms with E-state index in [1.54, 1.807) is 0 Å². The Morgan fingerprint density at radius 1 is 1.56 bits per heavy atom. The molecule has 0 aliphatic carbocycles. The van der Waals surface area contributed by atoms with E-state index in [1.165, 1.54) is 6.08 Å². The third-order valence-electron chi connectivity index (χ3n) is 2.71. The van der Waals surface area contributed by atoms with Crippen molar-refractivity contribution in [2.45, 2.75) is 17.7 Å². The molecule has 1 saturated heterocycles. The number of hydrogen-bond donors (Lipinski definition) is 1. The lowest BCUT2D eigenvalue weighted by Gasteiger charge is -2.20. The Balaban J connectivity index is 2.85. The van der Waals surface area contributed by atoms with E-state index in [0.717, 1.165) is 11.2 Å². The molecule has 1 aliphatic rings. The molecule has 0 unspecified atom stereocenters. The summed E-state index contributed by atoms with van der Waals surface area (Å²) in [4.78, 5) is 23.5. The lowest BCUT2D eigenvalue weighted by atomic mass is 10.2. The minimum Gasteiger partial charge on any atom is -0.480 e. The first-order valence-corrected chi connectivity index (χ1v) is 7.18. The zero-order valence-corrected chi connectivity index (χ0v) is 10.7. The molecule has 0 saturated carbocycles. The molecule has 8 heteroatoms. The first-order chi connectivity index (χ1) is 8.27. The number of nitrogens with zero attached hydrogens (tertiary/aromatic N) is 1. The van der Waals surface area contributed by atoms with E-state index < -0.39 is 33.2 Å². The normalized spacial score (nSPS) is 23.7. The number of carboxylic acids is 1. The van der Waals surface area contributed by atoms with E-state index in [9.17, 15) is 18.0 Å². The largest absolute Gasteiger partial charge is 0.480 e. The van der Waals surface area contributed by atoms with E-state index in [4.69, 9.17) is 9.84 Å². The first kappa shape index (κ1) is 14.5. The zero-order valence-electron chi connectivity index (χ0n) is 9.90. The molecule has 7 nitrogen and oxygen atoms in total. The minimum atomic E-state index is -3.39. The summed E-state index contributed by atoms with van der Waals surface area (Å²) in [5.74, 6) is -1.24. The zero-order chi connectivity index (χ0) is 13.9. The Bertz CT molecular complexity index is 457. The Morgan fingerprint density at radius 2 is 2.17 bits per heavy atom. The van der Waals surface area contributed by atoms with Gasteiger partial charge in [0.1, 0.15) is 12.6 Å². The van der Waals surface area contributed by atoms with Crippen LogP contribution in [0.25, 0.3) is 0 Å². The molecule has 18 heavy (non-hydrogen) atoms. The molecule has 0 radical (unpaired) electrons. The van der Waals surface area contributed by atoms with Gasteiger partial charge in [-0.05, 0) is 6.42 Å². The molecule has 1 amide bonds. The number of aliphatic carboxylic acids is 1. The summed E-state index contributed by atoms with van der Waals surface area (Å²) < 4.78 is 27.5. The average molecular weight is 277 g/mol. The predicted molar refractivity (Wildman–Crippen MR) is 62.9 cm³/mol. The standard InChI is InChI=1S/C10H15NO6S/c1-3-4-17-10(14)11-6-7(18(2,15)16)5-8(11)9(12)13/h3,7-8H,1,4-6H2,2H3,(H,12,13)/t7-,8+/m0/s1. The average Bonchev–Trinajstić information content (AvgIpc) is 2.70. The number of carbonyl (C=O) groups is 2. The van der Waals surface area contributed by atoms with Gasteiger partial charge in [0.25, 0.3) is 0 Å². The van der Waals surface area contributed by atoms with Crippen molar-refractivity contribution in [1.82, 2.24) is 4.90 Å². The molecule has 2 atom stereocenters. The van der Waals surface area contributed by atoms with Gasteiger partial charge in [-0.1, -0.05) is 12.7 Å². The third kappa shape index (κ3) is 3.22. The first-order valence-electron chi connectivity index (χ1n) is 5.23. The van der Waals surface area contributed by atoms with Crippen molar-refractivity contribution in [3.63, 3.8) is 0 Å². The van der Waals surface area contributed by atoms with Gasteiger partial charge >= 0.3 is 12.1 Å². The lowest BCUT2D eigenvalue weighted by Crippen LogP contribution is -2.41. The molecule has 1 fully saturated rings. The smallest absolute Gasteiger partial charge is 0.410 e. The number of rotatable bonds is 4. The van der Waals surface area contributed by atoms with E-state index in [2.05, 4.69) is 6.58 Å². The van der Waals surface area contributed by atoms with Crippen LogP contribution in [0.15, 0.2) is 12.7 Å². The van der Waals surface area contributed by atoms with Crippen LogP contribution in [-0.2, 0) is 19.4 Å². The number of likely N-dealkylation sites (tertiary alicyclic amines) is 1. The Hall–Kier alpha value is -1.57. The summed E-state index contributed by atoms with van der Waals surface area (Å²) in [7, 11) is -3.39. The second-order valence-corrected chi connectivity index (χ2v) is 6.38. The van der Waals surface area contributed by atoms with Gasteiger partial charge in [0.2, 0.25) is 0 Å². The van der Waals surface area contributed by atoms with E-state index in [1.807, 2.05) is 0 Å². The van der Waals surface area contributed by atoms with Crippen molar-refractivity contribution in [2.75, 3.05) is 19.4 Å². The van der Waals surface area contributed by atoms with Gasteiger partial charge in [-0.2, -0.15) is 0 Å². The van der Waals surface area contributed by atoms with Crippen molar-refractivity contribution < 1.29 is 27.9 Å². The summed E-state index contributed by atoms with van der Waals surface area (Å²) in [6, 6.07) is -1.16. The molecule has 0 bridgehead atoms. The maximum atomic E-state index is 11.6. The monoisotopic (exact) mass is 277 g/mol. The molecule has 1 rings (SSSR count). The maximum absolute atomic E-state index is 11.6. The number of carboxylic acid groups (broad SMARTS) is 1. The fourth-order valence-electron chi connectivity index (χ4n) is 1.76. The molecular formula is C10H15NO6S. The van der Waals surface area contributed by atoms with Gasteiger partial charge in [0.05, 0.1) is 5.25 Å². The maximum Gasteiger partial charge on any atom is 0.410 e. The number of ether oxygens (including phenoxy) is 1. The predicted octanol–water partition coefficient (Wildman–Crippen LogP) is -0.119. The van der Waals surface area contributed by atoms with Crippen LogP contribution in [0.5, 0.6) is 0 Å². The topological polar surface area (TPSA) is 101 Å².